The molecule has 1 heterocycles. The van der Waals surface area contributed by atoms with Crippen LogP contribution in [0.5, 0.6) is 5.75 Å². The van der Waals surface area contributed by atoms with Crippen LogP contribution in [0.15, 0.2) is 148 Å². The number of carboxylic acid groups (broad SMARTS) is 1. The van der Waals surface area contributed by atoms with Gasteiger partial charge in [-0.2, -0.15) is 28.6 Å². The number of aromatic hydroxyl groups is 1. The van der Waals surface area contributed by atoms with Gasteiger partial charge in [0.2, 0.25) is 11.9 Å². The number of anilines is 7. The van der Waals surface area contributed by atoms with Gasteiger partial charge < -0.3 is 31.9 Å². The zero-order chi connectivity index (χ0) is 42.8. The Balaban J connectivity index is 0.00000330. The molecule has 63 heavy (non-hydrogen) atoms. The van der Waals surface area contributed by atoms with Crippen molar-refractivity contribution in [1.29, 1.82) is 0 Å². The minimum absolute atomic E-state index is 0. The van der Waals surface area contributed by atoms with Crippen molar-refractivity contribution in [3.63, 3.8) is 0 Å². The number of nitrogens with zero attached hydrogens (tertiary/aromatic N) is 5. The molecule has 0 unspecified atom stereocenters. The van der Waals surface area contributed by atoms with Crippen molar-refractivity contribution in [2.75, 3.05) is 21.7 Å². The van der Waals surface area contributed by atoms with Crippen molar-refractivity contribution in [3.8, 4) is 5.75 Å². The van der Waals surface area contributed by atoms with Crippen LogP contribution in [0.1, 0.15) is 42.2 Å². The molecule has 0 spiro atoms. The molecule has 0 fully saturated rings. The summed E-state index contributed by atoms with van der Waals surface area (Å²) in [5.41, 5.74) is 7.89. The van der Waals surface area contributed by atoms with Crippen molar-refractivity contribution in [2.45, 2.75) is 4.90 Å². The van der Waals surface area contributed by atoms with Crippen LogP contribution in [-0.4, -0.2) is 115 Å². The van der Waals surface area contributed by atoms with Crippen LogP contribution >= 0.6 is 0 Å². The van der Waals surface area contributed by atoms with Crippen molar-refractivity contribution in [2.24, 2.45) is 15.2 Å². The number of hydrogen-bond donors (Lipinski definition) is 8. The molecule has 0 bridgehead atoms. The number of nitrogens with one attached hydrogen (secondary N) is 4. The fourth-order valence-electron chi connectivity index (χ4n) is 6.34. The van der Waals surface area contributed by atoms with E-state index in [4.69, 9.17) is 5.73 Å². The Hall–Kier alpha value is -6.55. The first kappa shape index (κ1) is 46.0. The number of ketones is 2. The number of nitrogen functional groups attached to an aromatic ring is 1. The zero-order valence-corrected chi connectivity index (χ0v) is 38.0. The van der Waals surface area contributed by atoms with Crippen molar-refractivity contribution < 1.29 is 37.6 Å². The molecule has 0 saturated heterocycles. The second-order valence-electron chi connectivity index (χ2n) is 13.3. The van der Waals surface area contributed by atoms with Gasteiger partial charge in [0.25, 0.3) is 15.7 Å². The third kappa shape index (κ3) is 10.2. The Morgan fingerprint density at radius 1 is 0.651 bits per heavy atom. The van der Waals surface area contributed by atoms with Gasteiger partial charge in [0.05, 0.1) is 39.6 Å². The van der Waals surface area contributed by atoms with Gasteiger partial charge >= 0.3 is 5.97 Å². The van der Waals surface area contributed by atoms with E-state index in [-0.39, 0.29) is 122 Å². The van der Waals surface area contributed by atoms with Crippen LogP contribution in [-0.2, 0) is 10.1 Å². The number of nitrogens with two attached hydrogens (primary N) is 1. The van der Waals surface area contributed by atoms with Gasteiger partial charge in [-0.3, -0.25) is 19.1 Å². The minimum Gasteiger partial charge on any atom is -0.507 e. The van der Waals surface area contributed by atoms with Gasteiger partial charge in [0.15, 0.2) is 11.6 Å². The molecular weight excluding hydrogens is 851 g/mol. The van der Waals surface area contributed by atoms with Gasteiger partial charge in [0, 0.05) is 87.3 Å². The maximum absolute atomic E-state index is 13.7. The summed E-state index contributed by atoms with van der Waals surface area (Å²) in [6, 6.07) is 33.5. The van der Waals surface area contributed by atoms with E-state index >= 15 is 0 Å². The molecule has 2 radical (unpaired) electrons. The molecule has 1 aliphatic rings. The van der Waals surface area contributed by atoms with Crippen molar-refractivity contribution in [1.82, 2.24) is 15.0 Å². The van der Waals surface area contributed by atoms with E-state index in [0.29, 0.717) is 28.4 Å². The first-order chi connectivity index (χ1) is 29.3. The summed E-state index contributed by atoms with van der Waals surface area (Å²) in [5.74, 6) is -2.39. The molecule has 21 heteroatoms. The summed E-state index contributed by atoms with van der Waals surface area (Å²) in [4.78, 5) is 54.6. The number of hydrogen-bond acceptors (Lipinski definition) is 15. The monoisotopic (exact) mass is 880 g/mol. The number of phenols is 1. The molecular formula is C42H30N10Na2O8S. The fourth-order valence-corrected chi connectivity index (χ4v) is 6.98. The Morgan fingerprint density at radius 2 is 1.16 bits per heavy atom. The molecule has 7 aromatic rings. The van der Waals surface area contributed by atoms with Crippen LogP contribution in [0.25, 0.3) is 0 Å². The SMILES string of the molecule is Nc1c(S(=O)(=O)O)cc(Nc2ccc(Nc3nc(=Nc4ccccc4)nc(Nc4ccc(N=Nc5ccc(O)c(C(=O)O)c5)cc4)[nH]3)cc2)c2c1C(=O)c1ccccc1C2=O.[Na].[Na]. The topological polar surface area (TPSA) is 287 Å². The van der Waals surface area contributed by atoms with E-state index in [1.165, 1.54) is 30.3 Å². The van der Waals surface area contributed by atoms with E-state index in [1.54, 1.807) is 72.8 Å². The normalized spacial score (nSPS) is 12.1. The number of carbonyl (C=O) groups excluding carboxylic acids is 2. The number of azo groups is 1. The van der Waals surface area contributed by atoms with Crippen LogP contribution in [0, 0.1) is 0 Å². The summed E-state index contributed by atoms with van der Waals surface area (Å²) in [5, 5.41) is 36.6. The summed E-state index contributed by atoms with van der Waals surface area (Å²) >= 11 is 0. The maximum atomic E-state index is 13.7. The Labute approximate surface area is 401 Å². The average Bonchev–Trinajstić information content (AvgIpc) is 3.24. The molecule has 0 atom stereocenters. The molecule has 0 amide bonds. The smallest absolute Gasteiger partial charge is 0.339 e. The van der Waals surface area contributed by atoms with Crippen molar-refractivity contribution in [3.05, 3.63) is 161 Å². The second kappa shape index (κ2) is 19.2. The van der Waals surface area contributed by atoms with Gasteiger partial charge in [-0.25, -0.2) is 9.79 Å². The van der Waals surface area contributed by atoms with Gasteiger partial charge in [0.1, 0.15) is 16.2 Å². The van der Waals surface area contributed by atoms with Crippen LogP contribution in [0.2, 0.25) is 0 Å². The number of aromatic nitrogens is 3. The molecule has 304 valence electrons. The quantitative estimate of drug-likeness (QED) is 0.0283. The van der Waals surface area contributed by atoms with E-state index < -0.39 is 38.2 Å². The van der Waals surface area contributed by atoms with Gasteiger partial charge in [-0.05, 0) is 84.9 Å². The number of para-hydroxylation sites is 1. The predicted molar refractivity (Wildman–Crippen MR) is 236 cm³/mol. The third-order valence-corrected chi connectivity index (χ3v) is 10.1. The maximum Gasteiger partial charge on any atom is 0.339 e. The Bertz CT molecular complexity index is 3130. The Kier molecular flexibility index (Phi) is 14.0. The molecule has 18 nitrogen and oxygen atoms in total. The Morgan fingerprint density at radius 3 is 1.73 bits per heavy atom. The molecule has 0 aliphatic heterocycles. The van der Waals surface area contributed by atoms with E-state index in [0.717, 1.165) is 6.07 Å². The van der Waals surface area contributed by atoms with Crippen molar-refractivity contribution >= 4 is 144 Å². The summed E-state index contributed by atoms with van der Waals surface area (Å²) in [6.07, 6.45) is 0. The number of aromatic carboxylic acids is 1. The van der Waals surface area contributed by atoms with E-state index in [1.807, 2.05) is 18.2 Å². The molecule has 0 saturated carbocycles. The number of carbonyl (C=O) groups is 3. The van der Waals surface area contributed by atoms with Crippen LogP contribution < -0.4 is 27.3 Å². The number of rotatable bonds is 11. The number of aromatic amines is 1. The predicted octanol–water partition coefficient (Wildman–Crippen LogP) is 6.93. The first-order valence-electron chi connectivity index (χ1n) is 18.0. The van der Waals surface area contributed by atoms with E-state index in [2.05, 4.69) is 46.1 Å². The standard InChI is InChI=1S/C42H30N10O8S.2Na/c43-36-33(61(58,59)60)21-31(34-35(36)38(55)29-9-5-4-8-28(29)37(34)54)44-23-10-12-24(13-11-23)46-41-48-40(45-22-6-2-1-3-7-22)49-42(50-41)47-25-14-16-26(17-15-25)51-52-27-18-19-32(53)30(20-27)39(56)57;;/h1-21,44,53H,43H2,(H,56,57)(H,58,59,60)(H3,45,46,47,48,49,50);;. The third-order valence-electron chi connectivity index (χ3n) is 9.17. The van der Waals surface area contributed by atoms with E-state index in [9.17, 15) is 37.6 Å². The first-order valence-corrected chi connectivity index (χ1v) is 19.4. The van der Waals surface area contributed by atoms with Gasteiger partial charge in [-0.1, -0.05) is 42.5 Å². The summed E-state index contributed by atoms with van der Waals surface area (Å²) in [7, 11) is -4.90. The summed E-state index contributed by atoms with van der Waals surface area (Å²) in [6.45, 7) is 0. The number of fused-ring (bicyclic) bond motifs is 2. The van der Waals surface area contributed by atoms with Crippen LogP contribution in [0.3, 0.4) is 0 Å². The molecule has 9 N–H and O–H groups in total. The molecule has 1 aromatic heterocycles. The van der Waals surface area contributed by atoms with Gasteiger partial charge in [-0.15, -0.1) is 0 Å². The molecule has 1 aliphatic carbocycles. The number of benzene rings is 6. The average molecular weight is 881 g/mol. The zero-order valence-electron chi connectivity index (χ0n) is 33.2. The summed E-state index contributed by atoms with van der Waals surface area (Å²) < 4.78 is 34.7. The number of carboxylic acids is 1. The molecule has 6 aromatic carbocycles. The number of H-pyrrole nitrogens is 1. The fraction of sp³-hybridized carbons (Fsp3) is 0. The van der Waals surface area contributed by atoms with Crippen LogP contribution in [0.4, 0.5) is 57.4 Å². The minimum atomic E-state index is -4.90. The second-order valence-corrected chi connectivity index (χ2v) is 14.7. The molecule has 8 rings (SSSR count). The largest absolute Gasteiger partial charge is 0.507 e.